The molecule has 19 heavy (non-hydrogen) atoms. The molecule has 0 bridgehead atoms. The molecule has 2 aromatic rings. The van der Waals surface area contributed by atoms with Gasteiger partial charge >= 0.3 is 0 Å². The Bertz CT molecular complexity index is 623. The van der Waals surface area contributed by atoms with Crippen LogP contribution in [0.1, 0.15) is 16.1 Å². The van der Waals surface area contributed by atoms with Gasteiger partial charge in [-0.1, -0.05) is 11.6 Å². The van der Waals surface area contributed by atoms with E-state index in [1.54, 1.807) is 10.7 Å². The number of carbonyl (C=O) groups excluding carboxylic acids is 1. The van der Waals surface area contributed by atoms with Crippen LogP contribution in [0.4, 0.5) is 11.4 Å². The Morgan fingerprint density at radius 2 is 2.26 bits per heavy atom. The minimum atomic E-state index is -0.585. The first kappa shape index (κ1) is 13.2. The second-order valence-electron chi connectivity index (χ2n) is 4.12. The van der Waals surface area contributed by atoms with Crippen molar-refractivity contribution >= 4 is 28.9 Å². The van der Waals surface area contributed by atoms with Gasteiger partial charge < -0.3 is 16.8 Å². The first-order valence-corrected chi connectivity index (χ1v) is 5.96. The van der Waals surface area contributed by atoms with Crippen molar-refractivity contribution in [2.45, 2.75) is 6.54 Å². The maximum atomic E-state index is 11.4. The summed E-state index contributed by atoms with van der Waals surface area (Å²) in [6.45, 7) is 0.435. The Hall–Kier alpha value is -2.21. The molecule has 0 saturated carbocycles. The van der Waals surface area contributed by atoms with E-state index in [1.807, 2.05) is 19.3 Å². The molecule has 1 aromatic heterocycles. The lowest BCUT2D eigenvalue weighted by molar-refractivity contribution is 0.100. The molecule has 1 heterocycles. The van der Waals surface area contributed by atoms with Crippen LogP contribution in [0.15, 0.2) is 24.4 Å². The molecule has 100 valence electrons. The second kappa shape index (κ2) is 5.19. The molecule has 0 aliphatic carbocycles. The van der Waals surface area contributed by atoms with E-state index in [4.69, 9.17) is 23.1 Å². The third-order valence-corrected chi connectivity index (χ3v) is 2.89. The Morgan fingerprint density at radius 3 is 2.84 bits per heavy atom. The monoisotopic (exact) mass is 279 g/mol. The maximum absolute atomic E-state index is 11.4. The van der Waals surface area contributed by atoms with E-state index in [0.717, 1.165) is 5.69 Å². The number of hydrogen-bond acceptors (Lipinski definition) is 4. The van der Waals surface area contributed by atoms with Crippen LogP contribution in [-0.2, 0) is 13.6 Å². The highest BCUT2D eigenvalue weighted by molar-refractivity contribution is 6.34. The summed E-state index contributed by atoms with van der Waals surface area (Å²) in [5, 5.41) is 7.62. The molecule has 0 atom stereocenters. The normalized spacial score (nSPS) is 10.4. The Labute approximate surface area is 115 Å². The zero-order valence-corrected chi connectivity index (χ0v) is 11.1. The number of nitrogens with one attached hydrogen (secondary N) is 1. The fraction of sp³-hybridized carbons (Fsp3) is 0.167. The standard InChI is InChI=1S/C12H14ClN5O/c1-18-3-2-8(17-18)6-16-11-9(12(15)19)4-7(14)5-10(11)13/h2-5,16H,6,14H2,1H3,(H2,15,19). The van der Waals surface area contributed by atoms with Gasteiger partial charge in [-0.3, -0.25) is 9.48 Å². The van der Waals surface area contributed by atoms with E-state index in [1.165, 1.54) is 6.07 Å². The van der Waals surface area contributed by atoms with Crippen molar-refractivity contribution in [1.29, 1.82) is 0 Å². The van der Waals surface area contributed by atoms with Crippen molar-refractivity contribution in [3.8, 4) is 0 Å². The van der Waals surface area contributed by atoms with Crippen LogP contribution in [-0.4, -0.2) is 15.7 Å². The maximum Gasteiger partial charge on any atom is 0.250 e. The van der Waals surface area contributed by atoms with Crippen molar-refractivity contribution in [3.05, 3.63) is 40.7 Å². The van der Waals surface area contributed by atoms with E-state index in [9.17, 15) is 4.79 Å². The van der Waals surface area contributed by atoms with Crippen molar-refractivity contribution in [3.63, 3.8) is 0 Å². The second-order valence-corrected chi connectivity index (χ2v) is 4.53. The predicted molar refractivity (Wildman–Crippen MR) is 74.9 cm³/mol. The molecule has 1 aromatic carbocycles. The molecule has 0 aliphatic heterocycles. The smallest absolute Gasteiger partial charge is 0.250 e. The van der Waals surface area contributed by atoms with Gasteiger partial charge in [0.25, 0.3) is 5.91 Å². The molecule has 5 N–H and O–H groups in total. The number of halogens is 1. The fourth-order valence-corrected chi connectivity index (χ4v) is 2.03. The van der Waals surface area contributed by atoms with Gasteiger partial charge in [0.2, 0.25) is 0 Å². The SMILES string of the molecule is Cn1ccc(CNc2c(Cl)cc(N)cc2C(N)=O)n1. The van der Waals surface area contributed by atoms with Crippen LogP contribution in [0.3, 0.4) is 0 Å². The fourth-order valence-electron chi connectivity index (χ4n) is 1.74. The molecule has 7 heteroatoms. The molecule has 0 radical (unpaired) electrons. The van der Waals surface area contributed by atoms with Crippen molar-refractivity contribution < 1.29 is 4.79 Å². The summed E-state index contributed by atoms with van der Waals surface area (Å²) in [4.78, 5) is 11.4. The van der Waals surface area contributed by atoms with Crippen LogP contribution < -0.4 is 16.8 Å². The largest absolute Gasteiger partial charge is 0.399 e. The Balaban J connectivity index is 2.26. The Morgan fingerprint density at radius 1 is 1.53 bits per heavy atom. The van der Waals surface area contributed by atoms with E-state index in [2.05, 4.69) is 10.4 Å². The number of nitrogens with zero attached hydrogens (tertiary/aromatic N) is 2. The topological polar surface area (TPSA) is 99.0 Å². The van der Waals surface area contributed by atoms with Gasteiger partial charge in [0, 0.05) is 18.9 Å². The number of rotatable bonds is 4. The van der Waals surface area contributed by atoms with E-state index in [0.29, 0.717) is 22.9 Å². The number of primary amides is 1. The molecule has 0 spiro atoms. The number of hydrogen-bond donors (Lipinski definition) is 3. The number of amides is 1. The summed E-state index contributed by atoms with van der Waals surface area (Å²) in [5.74, 6) is -0.585. The molecular weight excluding hydrogens is 266 g/mol. The van der Waals surface area contributed by atoms with Gasteiger partial charge in [0.05, 0.1) is 28.5 Å². The number of nitrogens with two attached hydrogens (primary N) is 2. The molecule has 0 fully saturated rings. The highest BCUT2D eigenvalue weighted by Crippen LogP contribution is 2.29. The van der Waals surface area contributed by atoms with Crippen LogP contribution in [0.2, 0.25) is 5.02 Å². The lowest BCUT2D eigenvalue weighted by Gasteiger charge is -2.12. The highest BCUT2D eigenvalue weighted by Gasteiger charge is 2.13. The predicted octanol–water partition coefficient (Wildman–Crippen LogP) is 1.37. The van der Waals surface area contributed by atoms with Crippen LogP contribution in [0.25, 0.3) is 0 Å². The number of anilines is 2. The third-order valence-electron chi connectivity index (χ3n) is 2.59. The molecule has 0 saturated heterocycles. The summed E-state index contributed by atoms with van der Waals surface area (Å²) in [7, 11) is 1.83. The summed E-state index contributed by atoms with van der Waals surface area (Å²) < 4.78 is 1.69. The van der Waals surface area contributed by atoms with Gasteiger partial charge in [0.1, 0.15) is 0 Å². The van der Waals surface area contributed by atoms with Crippen molar-refractivity contribution in [2.24, 2.45) is 12.8 Å². The van der Waals surface area contributed by atoms with Crippen LogP contribution in [0, 0.1) is 0 Å². The average Bonchev–Trinajstić information content (AvgIpc) is 2.73. The van der Waals surface area contributed by atoms with Gasteiger partial charge in [-0.05, 0) is 18.2 Å². The third kappa shape index (κ3) is 2.97. The quantitative estimate of drug-likeness (QED) is 0.736. The molecule has 1 amide bonds. The number of aromatic nitrogens is 2. The Kier molecular flexibility index (Phi) is 3.62. The molecule has 6 nitrogen and oxygen atoms in total. The highest BCUT2D eigenvalue weighted by atomic mass is 35.5. The van der Waals surface area contributed by atoms with Gasteiger partial charge in [-0.15, -0.1) is 0 Å². The summed E-state index contributed by atoms with van der Waals surface area (Å²) in [5.41, 5.74) is 12.9. The van der Waals surface area contributed by atoms with Gasteiger partial charge in [-0.25, -0.2) is 0 Å². The number of benzene rings is 1. The van der Waals surface area contributed by atoms with Gasteiger partial charge in [-0.2, -0.15) is 5.10 Å². The minimum absolute atomic E-state index is 0.265. The van der Waals surface area contributed by atoms with Gasteiger partial charge in [0.15, 0.2) is 0 Å². The van der Waals surface area contributed by atoms with Crippen molar-refractivity contribution in [1.82, 2.24) is 9.78 Å². The average molecular weight is 280 g/mol. The summed E-state index contributed by atoms with van der Waals surface area (Å²) >= 11 is 6.07. The van der Waals surface area contributed by atoms with Crippen LogP contribution >= 0.6 is 11.6 Å². The molecule has 0 unspecified atom stereocenters. The zero-order chi connectivity index (χ0) is 14.0. The molecule has 2 rings (SSSR count). The minimum Gasteiger partial charge on any atom is -0.399 e. The first-order chi connectivity index (χ1) is 8.97. The summed E-state index contributed by atoms with van der Waals surface area (Å²) in [6, 6.07) is 4.92. The molecular formula is C12H14ClN5O. The lowest BCUT2D eigenvalue weighted by atomic mass is 10.1. The summed E-state index contributed by atoms with van der Waals surface area (Å²) in [6.07, 6.45) is 1.83. The lowest BCUT2D eigenvalue weighted by Crippen LogP contribution is -2.15. The van der Waals surface area contributed by atoms with E-state index < -0.39 is 5.91 Å². The van der Waals surface area contributed by atoms with E-state index >= 15 is 0 Å². The number of carbonyl (C=O) groups is 1. The number of nitrogen functional groups attached to an aromatic ring is 1. The zero-order valence-electron chi connectivity index (χ0n) is 10.4. The molecule has 0 aliphatic rings. The first-order valence-electron chi connectivity index (χ1n) is 5.58. The van der Waals surface area contributed by atoms with Crippen LogP contribution in [0.5, 0.6) is 0 Å². The number of aryl methyl sites for hydroxylation is 1. The van der Waals surface area contributed by atoms with Crippen molar-refractivity contribution in [2.75, 3.05) is 11.1 Å². The van der Waals surface area contributed by atoms with E-state index in [-0.39, 0.29) is 5.56 Å².